The maximum Gasteiger partial charge on any atom is 0.255 e. The number of nitrogens with two attached hydrogens (primary N) is 1. The van der Waals surface area contributed by atoms with Gasteiger partial charge in [-0.05, 0) is 12.5 Å². The molecule has 1 aliphatic rings. The van der Waals surface area contributed by atoms with Crippen LogP contribution in [0.15, 0.2) is 18.5 Å². The second kappa shape index (κ2) is 3.86. The number of carbonyl (C=O) groups excluding carboxylic acids is 1. The molecule has 0 bridgehead atoms. The fraction of sp³-hybridized carbons (Fsp3) is 0.400. The lowest BCUT2D eigenvalue weighted by molar-refractivity contribution is 0.0790. The molecule has 0 spiro atoms. The summed E-state index contributed by atoms with van der Waals surface area (Å²) in [6.07, 6.45) is 3.58. The minimum absolute atomic E-state index is 0.00402. The van der Waals surface area contributed by atoms with Crippen LogP contribution in [0.1, 0.15) is 16.8 Å². The van der Waals surface area contributed by atoms with Crippen molar-refractivity contribution in [1.29, 1.82) is 0 Å². The molecule has 3 N–H and O–H groups in total. The van der Waals surface area contributed by atoms with Gasteiger partial charge in [-0.3, -0.25) is 9.78 Å². The largest absolute Gasteiger partial charge is 0.506 e. The zero-order chi connectivity index (χ0) is 10.8. The number of aromatic hydroxyl groups is 1. The zero-order valence-corrected chi connectivity index (χ0v) is 8.26. The molecule has 0 unspecified atom stereocenters. The smallest absolute Gasteiger partial charge is 0.255 e. The van der Waals surface area contributed by atoms with E-state index in [2.05, 4.69) is 4.98 Å². The van der Waals surface area contributed by atoms with E-state index in [-0.39, 0.29) is 17.7 Å². The van der Waals surface area contributed by atoms with Gasteiger partial charge in [0.05, 0.1) is 11.8 Å². The van der Waals surface area contributed by atoms with E-state index in [1.165, 1.54) is 18.5 Å². The number of hydrogen-bond acceptors (Lipinski definition) is 4. The van der Waals surface area contributed by atoms with Crippen LogP contribution in [0.2, 0.25) is 0 Å². The summed E-state index contributed by atoms with van der Waals surface area (Å²) in [4.78, 5) is 17.3. The summed E-state index contributed by atoms with van der Waals surface area (Å²) in [5, 5.41) is 9.20. The molecule has 0 saturated carbocycles. The molecule has 1 atom stereocenters. The molecule has 1 aliphatic heterocycles. The second-order valence-corrected chi connectivity index (χ2v) is 3.73. The minimum Gasteiger partial charge on any atom is -0.506 e. The first-order valence-corrected chi connectivity index (χ1v) is 4.85. The molecule has 5 nitrogen and oxygen atoms in total. The van der Waals surface area contributed by atoms with Crippen molar-refractivity contribution < 1.29 is 9.90 Å². The molecule has 0 aliphatic carbocycles. The van der Waals surface area contributed by atoms with E-state index >= 15 is 0 Å². The Balaban J connectivity index is 2.14. The molecule has 1 amide bonds. The number of pyridine rings is 1. The third-order valence-electron chi connectivity index (χ3n) is 2.48. The standard InChI is InChI=1S/C10H13N3O2/c11-8-1-2-13(6-8)10(15)7-3-9(14)5-12-4-7/h3-5,8,14H,1-2,6,11H2/t8-/m1/s1. The summed E-state index contributed by atoms with van der Waals surface area (Å²) < 4.78 is 0. The van der Waals surface area contributed by atoms with Crippen molar-refractivity contribution in [3.05, 3.63) is 24.0 Å². The van der Waals surface area contributed by atoms with Crippen molar-refractivity contribution in [2.24, 2.45) is 5.73 Å². The molecule has 1 fully saturated rings. The van der Waals surface area contributed by atoms with E-state index in [4.69, 9.17) is 5.73 Å². The number of carbonyl (C=O) groups is 1. The fourth-order valence-corrected chi connectivity index (χ4v) is 1.70. The Hall–Kier alpha value is -1.62. The van der Waals surface area contributed by atoms with E-state index in [0.717, 1.165) is 6.42 Å². The SMILES string of the molecule is N[C@@H]1CCN(C(=O)c2cncc(O)c2)C1. The minimum atomic E-state index is -0.119. The van der Waals surface area contributed by atoms with Gasteiger partial charge < -0.3 is 15.7 Å². The first-order chi connectivity index (χ1) is 7.16. The summed E-state index contributed by atoms with van der Waals surface area (Å²) in [5.74, 6) is -0.115. The molecule has 2 rings (SSSR count). The maximum atomic E-state index is 11.9. The summed E-state index contributed by atoms with van der Waals surface area (Å²) in [6, 6.07) is 1.48. The number of hydrogen-bond donors (Lipinski definition) is 2. The van der Waals surface area contributed by atoms with Gasteiger partial charge in [0.1, 0.15) is 5.75 Å². The van der Waals surface area contributed by atoms with Gasteiger partial charge in [-0.25, -0.2) is 0 Å². The predicted octanol–water partition coefficient (Wildman–Crippen LogP) is -0.0396. The molecule has 2 heterocycles. The van der Waals surface area contributed by atoms with E-state index in [0.29, 0.717) is 18.7 Å². The lowest BCUT2D eigenvalue weighted by atomic mass is 10.2. The number of rotatable bonds is 1. The molecule has 1 aromatic heterocycles. The van der Waals surface area contributed by atoms with Crippen LogP contribution in [0.4, 0.5) is 0 Å². The fourth-order valence-electron chi connectivity index (χ4n) is 1.70. The third kappa shape index (κ3) is 2.07. The van der Waals surface area contributed by atoms with Crippen LogP contribution >= 0.6 is 0 Å². The van der Waals surface area contributed by atoms with Gasteiger partial charge in [-0.2, -0.15) is 0 Å². The number of likely N-dealkylation sites (tertiary alicyclic amines) is 1. The summed E-state index contributed by atoms with van der Waals surface area (Å²) >= 11 is 0. The van der Waals surface area contributed by atoms with Crippen LogP contribution < -0.4 is 5.73 Å². The molecule has 5 heteroatoms. The number of aromatic nitrogens is 1. The first kappa shape index (κ1) is 9.92. The van der Waals surface area contributed by atoms with Gasteiger partial charge in [-0.15, -0.1) is 0 Å². The highest BCUT2D eigenvalue weighted by Gasteiger charge is 2.24. The van der Waals surface area contributed by atoms with Crippen molar-refractivity contribution in [2.75, 3.05) is 13.1 Å². The summed E-state index contributed by atoms with van der Waals surface area (Å²) in [6.45, 7) is 1.25. The Morgan fingerprint density at radius 2 is 2.40 bits per heavy atom. The van der Waals surface area contributed by atoms with Crippen molar-refractivity contribution >= 4 is 5.91 Å². The Morgan fingerprint density at radius 1 is 1.60 bits per heavy atom. The van der Waals surface area contributed by atoms with Crippen LogP contribution in [-0.2, 0) is 0 Å². The second-order valence-electron chi connectivity index (χ2n) is 3.73. The first-order valence-electron chi connectivity index (χ1n) is 4.85. The molecular formula is C10H13N3O2. The van der Waals surface area contributed by atoms with Crippen molar-refractivity contribution in [1.82, 2.24) is 9.88 Å². The predicted molar refractivity (Wildman–Crippen MR) is 54.4 cm³/mol. The van der Waals surface area contributed by atoms with Gasteiger partial charge in [-0.1, -0.05) is 0 Å². The van der Waals surface area contributed by atoms with Gasteiger partial charge >= 0.3 is 0 Å². The van der Waals surface area contributed by atoms with E-state index in [1.54, 1.807) is 4.90 Å². The van der Waals surface area contributed by atoms with Crippen LogP contribution in [0.3, 0.4) is 0 Å². The number of amides is 1. The molecule has 80 valence electrons. The Labute approximate surface area is 87.5 Å². The van der Waals surface area contributed by atoms with Crippen molar-refractivity contribution in [3.8, 4) is 5.75 Å². The van der Waals surface area contributed by atoms with Gasteiger partial charge in [0.15, 0.2) is 0 Å². The van der Waals surface area contributed by atoms with Gasteiger partial charge in [0.25, 0.3) is 5.91 Å². The lowest BCUT2D eigenvalue weighted by Gasteiger charge is -2.15. The van der Waals surface area contributed by atoms with Gasteiger partial charge in [0.2, 0.25) is 0 Å². The Morgan fingerprint density at radius 3 is 3.00 bits per heavy atom. The molecule has 0 aromatic carbocycles. The normalized spacial score (nSPS) is 20.6. The average molecular weight is 207 g/mol. The van der Waals surface area contributed by atoms with E-state index in [1.807, 2.05) is 0 Å². The van der Waals surface area contributed by atoms with Crippen LogP contribution in [0, 0.1) is 0 Å². The highest BCUT2D eigenvalue weighted by molar-refractivity contribution is 5.94. The topological polar surface area (TPSA) is 79.5 Å². The van der Waals surface area contributed by atoms with E-state index in [9.17, 15) is 9.90 Å². The maximum absolute atomic E-state index is 11.9. The monoisotopic (exact) mass is 207 g/mol. The summed E-state index contributed by atoms with van der Waals surface area (Å²) in [5.41, 5.74) is 6.12. The molecule has 1 aromatic rings. The molecule has 1 saturated heterocycles. The van der Waals surface area contributed by atoms with Crippen LogP contribution in [0.5, 0.6) is 5.75 Å². The van der Waals surface area contributed by atoms with Crippen molar-refractivity contribution in [2.45, 2.75) is 12.5 Å². The zero-order valence-electron chi connectivity index (χ0n) is 8.26. The highest BCUT2D eigenvalue weighted by atomic mass is 16.3. The summed E-state index contributed by atoms with van der Waals surface area (Å²) in [7, 11) is 0. The third-order valence-corrected chi connectivity index (χ3v) is 2.48. The highest BCUT2D eigenvalue weighted by Crippen LogP contribution is 2.14. The number of nitrogens with zero attached hydrogens (tertiary/aromatic N) is 2. The van der Waals surface area contributed by atoms with Gasteiger partial charge in [0, 0.05) is 25.3 Å². The van der Waals surface area contributed by atoms with E-state index < -0.39 is 0 Å². The molecular weight excluding hydrogens is 194 g/mol. The molecule has 0 radical (unpaired) electrons. The Kier molecular flexibility index (Phi) is 2.55. The quantitative estimate of drug-likeness (QED) is 0.677. The lowest BCUT2D eigenvalue weighted by Crippen LogP contribution is -2.31. The van der Waals surface area contributed by atoms with Crippen LogP contribution in [0.25, 0.3) is 0 Å². The van der Waals surface area contributed by atoms with Crippen LogP contribution in [-0.4, -0.2) is 40.0 Å². The van der Waals surface area contributed by atoms with Crippen molar-refractivity contribution in [3.63, 3.8) is 0 Å². The Bertz CT molecular complexity index is 381. The average Bonchev–Trinajstić information content (AvgIpc) is 2.64. The molecule has 15 heavy (non-hydrogen) atoms.